The lowest BCUT2D eigenvalue weighted by molar-refractivity contribution is 0.0699. The number of pyridine rings is 3. The summed E-state index contributed by atoms with van der Waals surface area (Å²) in [6.07, 6.45) is 5.14. The van der Waals surface area contributed by atoms with E-state index in [0.29, 0.717) is 5.52 Å². The lowest BCUT2D eigenvalue weighted by atomic mass is 9.95. The summed E-state index contributed by atoms with van der Waals surface area (Å²) in [6, 6.07) is 17.1. The molecule has 128 valence electrons. The highest BCUT2D eigenvalue weighted by Crippen LogP contribution is 2.35. The first kappa shape index (κ1) is 15.4. The molecule has 0 aliphatic carbocycles. The maximum absolute atomic E-state index is 11.6. The number of fused-ring (bicyclic) bond motifs is 4. The second-order valence-electron chi connectivity index (χ2n) is 6.26. The van der Waals surface area contributed by atoms with Gasteiger partial charge in [0.15, 0.2) is 0 Å². The minimum absolute atomic E-state index is 0.194. The van der Waals surface area contributed by atoms with Crippen molar-refractivity contribution in [3.63, 3.8) is 0 Å². The quantitative estimate of drug-likeness (QED) is 0.467. The summed E-state index contributed by atoms with van der Waals surface area (Å²) in [4.78, 5) is 24.9. The van der Waals surface area contributed by atoms with Crippen LogP contribution in [-0.2, 0) is 0 Å². The minimum Gasteiger partial charge on any atom is -0.478 e. The monoisotopic (exact) mass is 351 g/mol. The first-order valence-corrected chi connectivity index (χ1v) is 8.48. The zero-order chi connectivity index (χ0) is 18.4. The van der Waals surface area contributed by atoms with Crippen molar-refractivity contribution in [1.29, 1.82) is 0 Å². The Morgan fingerprint density at radius 2 is 1.37 bits per heavy atom. The van der Waals surface area contributed by atoms with Crippen molar-refractivity contribution in [2.45, 2.75) is 0 Å². The van der Waals surface area contributed by atoms with Crippen LogP contribution >= 0.6 is 0 Å². The third kappa shape index (κ3) is 2.33. The number of carbonyl (C=O) groups is 1. The number of rotatable bonds is 2. The van der Waals surface area contributed by atoms with E-state index in [1.807, 2.05) is 48.5 Å². The van der Waals surface area contributed by atoms with Gasteiger partial charge in [0.2, 0.25) is 0 Å². The molecule has 0 spiro atoms. The molecule has 5 nitrogen and oxygen atoms in total. The van der Waals surface area contributed by atoms with Crippen molar-refractivity contribution in [2.75, 3.05) is 0 Å². The molecular formula is C22H13N3O2. The average Bonchev–Trinajstić information content (AvgIpc) is 2.72. The summed E-state index contributed by atoms with van der Waals surface area (Å²) in [6.45, 7) is 0. The van der Waals surface area contributed by atoms with Crippen LogP contribution in [-0.4, -0.2) is 26.0 Å². The molecule has 0 saturated carbocycles. The molecule has 0 bridgehead atoms. The number of carboxylic acid groups (broad SMARTS) is 1. The molecule has 0 aliphatic rings. The Hall–Kier alpha value is -3.86. The number of nitrogens with zero attached hydrogens (tertiary/aromatic N) is 3. The molecule has 5 heteroatoms. The van der Waals surface area contributed by atoms with Crippen molar-refractivity contribution in [1.82, 2.24) is 15.0 Å². The van der Waals surface area contributed by atoms with Crippen LogP contribution in [0.2, 0.25) is 0 Å². The maximum Gasteiger partial charge on any atom is 0.337 e. The normalized spacial score (nSPS) is 11.3. The molecule has 1 N–H and O–H groups in total. The summed E-state index contributed by atoms with van der Waals surface area (Å²) >= 11 is 0. The van der Waals surface area contributed by atoms with Crippen molar-refractivity contribution < 1.29 is 9.90 Å². The van der Waals surface area contributed by atoms with Gasteiger partial charge in [0.25, 0.3) is 0 Å². The molecule has 5 aromatic rings. The van der Waals surface area contributed by atoms with Crippen LogP contribution in [0.15, 0.2) is 73.2 Å². The summed E-state index contributed by atoms with van der Waals surface area (Å²) in [5.41, 5.74) is 4.24. The number of aromatic carboxylic acids is 1. The summed E-state index contributed by atoms with van der Waals surface area (Å²) < 4.78 is 0. The topological polar surface area (TPSA) is 76.0 Å². The highest BCUT2D eigenvalue weighted by atomic mass is 16.4. The van der Waals surface area contributed by atoms with Crippen LogP contribution in [0.5, 0.6) is 0 Å². The number of aromatic nitrogens is 3. The molecule has 0 aliphatic heterocycles. The Morgan fingerprint density at radius 1 is 0.667 bits per heavy atom. The maximum atomic E-state index is 11.6. The van der Waals surface area contributed by atoms with Gasteiger partial charge in [-0.3, -0.25) is 15.0 Å². The van der Waals surface area contributed by atoms with Crippen molar-refractivity contribution in [3.05, 3.63) is 78.8 Å². The molecule has 5 rings (SSSR count). The first-order valence-electron chi connectivity index (χ1n) is 8.48. The van der Waals surface area contributed by atoms with Crippen LogP contribution in [0.25, 0.3) is 43.8 Å². The minimum atomic E-state index is -0.986. The summed E-state index contributed by atoms with van der Waals surface area (Å²) in [5, 5.41) is 12.3. The number of hydrogen-bond donors (Lipinski definition) is 1. The van der Waals surface area contributed by atoms with Gasteiger partial charge in [-0.15, -0.1) is 0 Å². The van der Waals surface area contributed by atoms with Crippen LogP contribution in [0.4, 0.5) is 0 Å². The molecule has 0 fully saturated rings. The van der Waals surface area contributed by atoms with Gasteiger partial charge in [0.05, 0.1) is 22.1 Å². The second-order valence-corrected chi connectivity index (χ2v) is 6.26. The highest BCUT2D eigenvalue weighted by Gasteiger charge is 2.15. The SMILES string of the molecule is O=C(O)c1ccc(-c2ccnc3c2ccc2cccnc23)c2cccnc12. The highest BCUT2D eigenvalue weighted by molar-refractivity contribution is 6.13. The number of hydrogen-bond acceptors (Lipinski definition) is 4. The molecule has 2 aromatic carbocycles. The van der Waals surface area contributed by atoms with E-state index in [1.54, 1.807) is 24.7 Å². The lowest BCUT2D eigenvalue weighted by Crippen LogP contribution is -1.99. The van der Waals surface area contributed by atoms with Crippen LogP contribution in [0, 0.1) is 0 Å². The smallest absolute Gasteiger partial charge is 0.337 e. The Morgan fingerprint density at radius 3 is 2.22 bits per heavy atom. The van der Waals surface area contributed by atoms with Crippen LogP contribution in [0.3, 0.4) is 0 Å². The number of carboxylic acids is 1. The zero-order valence-corrected chi connectivity index (χ0v) is 14.1. The predicted molar refractivity (Wildman–Crippen MR) is 105 cm³/mol. The first-order chi connectivity index (χ1) is 13.2. The van der Waals surface area contributed by atoms with E-state index in [0.717, 1.165) is 38.3 Å². The molecule has 3 heterocycles. The van der Waals surface area contributed by atoms with Gasteiger partial charge in [-0.2, -0.15) is 0 Å². The molecule has 27 heavy (non-hydrogen) atoms. The standard InChI is InChI=1S/C22H13N3O2/c26-22(27)18-8-7-14(16-4-2-11-24-20(16)18)15-9-12-25-21-17(15)6-5-13-3-1-10-23-19(13)21/h1-12H,(H,26,27). The summed E-state index contributed by atoms with van der Waals surface area (Å²) in [5.74, 6) is -0.986. The van der Waals surface area contributed by atoms with E-state index in [9.17, 15) is 9.90 Å². The van der Waals surface area contributed by atoms with Gasteiger partial charge in [0.1, 0.15) is 0 Å². The van der Waals surface area contributed by atoms with Crippen molar-refractivity contribution in [3.8, 4) is 11.1 Å². The van der Waals surface area contributed by atoms with Gasteiger partial charge in [-0.25, -0.2) is 4.79 Å². The van der Waals surface area contributed by atoms with E-state index in [4.69, 9.17) is 0 Å². The fourth-order valence-electron chi connectivity index (χ4n) is 3.57. The summed E-state index contributed by atoms with van der Waals surface area (Å²) in [7, 11) is 0. The second kappa shape index (κ2) is 5.85. The zero-order valence-electron chi connectivity index (χ0n) is 14.1. The van der Waals surface area contributed by atoms with Gasteiger partial charge in [-0.05, 0) is 35.4 Å². The van der Waals surface area contributed by atoms with Crippen LogP contribution < -0.4 is 0 Å². The van der Waals surface area contributed by atoms with Crippen LogP contribution in [0.1, 0.15) is 10.4 Å². The number of benzene rings is 2. The molecule has 0 atom stereocenters. The van der Waals surface area contributed by atoms with E-state index in [1.165, 1.54) is 0 Å². The largest absolute Gasteiger partial charge is 0.478 e. The Kier molecular flexibility index (Phi) is 3.33. The molecule has 3 aromatic heterocycles. The van der Waals surface area contributed by atoms with Crippen molar-refractivity contribution in [2.24, 2.45) is 0 Å². The Labute approximate surface area is 154 Å². The molecule has 0 unspecified atom stereocenters. The van der Waals surface area contributed by atoms with Gasteiger partial charge in [0, 0.05) is 34.7 Å². The molecule has 0 radical (unpaired) electrons. The fraction of sp³-hybridized carbons (Fsp3) is 0. The van der Waals surface area contributed by atoms with Gasteiger partial charge >= 0.3 is 5.97 Å². The van der Waals surface area contributed by atoms with E-state index in [2.05, 4.69) is 15.0 Å². The fourth-order valence-corrected chi connectivity index (χ4v) is 3.57. The van der Waals surface area contributed by atoms with E-state index < -0.39 is 5.97 Å². The average molecular weight is 351 g/mol. The molecular weight excluding hydrogens is 338 g/mol. The van der Waals surface area contributed by atoms with E-state index >= 15 is 0 Å². The molecule has 0 amide bonds. The Bertz CT molecular complexity index is 1360. The van der Waals surface area contributed by atoms with Gasteiger partial charge < -0.3 is 5.11 Å². The third-order valence-corrected chi connectivity index (χ3v) is 4.77. The molecule has 0 saturated heterocycles. The van der Waals surface area contributed by atoms with Crippen molar-refractivity contribution >= 4 is 38.7 Å². The van der Waals surface area contributed by atoms with Gasteiger partial charge in [-0.1, -0.05) is 30.3 Å². The third-order valence-electron chi connectivity index (χ3n) is 4.77. The Balaban J connectivity index is 1.88. The van der Waals surface area contributed by atoms with E-state index in [-0.39, 0.29) is 5.56 Å². The lowest BCUT2D eigenvalue weighted by Gasteiger charge is -2.12. The predicted octanol–water partition coefficient (Wildman–Crippen LogP) is 4.70.